The number of carbonyl (C=O) groups is 2. The number of aromatic amines is 1. The number of hydrogen-bond donors (Lipinski definition) is 4. The van der Waals surface area contributed by atoms with E-state index in [1.807, 2.05) is 6.20 Å². The van der Waals surface area contributed by atoms with E-state index in [1.54, 1.807) is 12.1 Å². The molecule has 1 aliphatic rings. The molecule has 3 rings (SSSR count). The molecule has 152 valence electrons. The number of nitrogens with two attached hydrogens (primary N) is 1. The Morgan fingerprint density at radius 2 is 2.04 bits per heavy atom. The monoisotopic (exact) mass is 391 g/mol. The van der Waals surface area contributed by atoms with E-state index in [4.69, 9.17) is 15.9 Å². The van der Waals surface area contributed by atoms with Gasteiger partial charge in [0.1, 0.15) is 5.82 Å². The van der Waals surface area contributed by atoms with E-state index in [2.05, 4.69) is 16.8 Å². The van der Waals surface area contributed by atoms with Crippen LogP contribution in [-0.4, -0.2) is 57.7 Å². The number of nitrogens with zero attached hydrogens (tertiary/aromatic N) is 1. The summed E-state index contributed by atoms with van der Waals surface area (Å²) in [5.41, 5.74) is 8.18. The van der Waals surface area contributed by atoms with Gasteiger partial charge < -0.3 is 25.8 Å². The zero-order valence-corrected chi connectivity index (χ0v) is 15.8. The van der Waals surface area contributed by atoms with Gasteiger partial charge in [0.25, 0.3) is 0 Å². The predicted molar refractivity (Wildman–Crippen MR) is 105 cm³/mol. The summed E-state index contributed by atoms with van der Waals surface area (Å²) in [6, 6.07) is 5.20. The van der Waals surface area contributed by atoms with Crippen molar-refractivity contribution in [2.45, 2.75) is 25.8 Å². The average molecular weight is 391 g/mol. The number of aliphatic carboxylic acids is 2. The lowest BCUT2D eigenvalue weighted by Crippen LogP contribution is -2.30. The summed E-state index contributed by atoms with van der Waals surface area (Å²) in [7, 11) is 0. The number of likely N-dealkylation sites (tertiary alicyclic amines) is 1. The standard InChI is InChI=1S/C16H22FN3.C4H4O4/c1-11(18)13-5-7-20(10-13)6-4-12-9-19-16-3-2-14(17)8-15(12)16;5-3(6)1-2-4(7)8/h2-3,8-9,11,13,19H,4-7,10,18H2,1H3;1-2H,(H,5,6)(H,7,8)/b;2-1+. The molecule has 1 aromatic carbocycles. The summed E-state index contributed by atoms with van der Waals surface area (Å²) in [6.45, 7) is 5.33. The zero-order chi connectivity index (χ0) is 20.7. The average Bonchev–Trinajstić information content (AvgIpc) is 3.25. The van der Waals surface area contributed by atoms with Crippen molar-refractivity contribution in [2.24, 2.45) is 11.7 Å². The third-order valence-corrected chi connectivity index (χ3v) is 4.85. The normalized spacial score (nSPS) is 18.2. The van der Waals surface area contributed by atoms with Gasteiger partial charge >= 0.3 is 11.9 Å². The van der Waals surface area contributed by atoms with Crippen LogP contribution in [0.15, 0.2) is 36.5 Å². The van der Waals surface area contributed by atoms with Crippen molar-refractivity contribution in [3.05, 3.63) is 47.9 Å². The van der Waals surface area contributed by atoms with Crippen LogP contribution in [0.1, 0.15) is 18.9 Å². The lowest BCUT2D eigenvalue weighted by Gasteiger charge is -2.17. The zero-order valence-electron chi connectivity index (χ0n) is 15.8. The molecule has 2 atom stereocenters. The van der Waals surface area contributed by atoms with Crippen molar-refractivity contribution in [1.29, 1.82) is 0 Å². The second-order valence-electron chi connectivity index (χ2n) is 6.97. The van der Waals surface area contributed by atoms with E-state index in [0.717, 1.165) is 37.0 Å². The van der Waals surface area contributed by atoms with E-state index < -0.39 is 11.9 Å². The molecule has 8 heteroatoms. The lowest BCUT2D eigenvalue weighted by atomic mass is 10.0. The third kappa shape index (κ3) is 6.47. The van der Waals surface area contributed by atoms with Crippen LogP contribution < -0.4 is 5.73 Å². The first-order chi connectivity index (χ1) is 13.3. The number of carboxylic acid groups (broad SMARTS) is 2. The van der Waals surface area contributed by atoms with Crippen molar-refractivity contribution >= 4 is 22.8 Å². The molecule has 2 aromatic rings. The predicted octanol–water partition coefficient (Wildman–Crippen LogP) is 2.23. The van der Waals surface area contributed by atoms with Gasteiger partial charge in [0, 0.05) is 48.4 Å². The first-order valence-corrected chi connectivity index (χ1v) is 9.13. The number of hydrogen-bond acceptors (Lipinski definition) is 4. The number of H-pyrrole nitrogens is 1. The Bertz CT molecular complexity index is 831. The van der Waals surface area contributed by atoms with Gasteiger partial charge in [0.15, 0.2) is 0 Å². The Hall–Kier alpha value is -2.71. The van der Waals surface area contributed by atoms with Crippen LogP contribution >= 0.6 is 0 Å². The van der Waals surface area contributed by atoms with Crippen LogP contribution in [0.4, 0.5) is 4.39 Å². The van der Waals surface area contributed by atoms with E-state index in [0.29, 0.717) is 18.1 Å². The maximum Gasteiger partial charge on any atom is 0.328 e. The van der Waals surface area contributed by atoms with Gasteiger partial charge in [-0.1, -0.05) is 0 Å². The lowest BCUT2D eigenvalue weighted by molar-refractivity contribution is -0.134. The van der Waals surface area contributed by atoms with Crippen LogP contribution in [0.3, 0.4) is 0 Å². The Balaban J connectivity index is 0.000000300. The molecule has 0 saturated carbocycles. The Kier molecular flexibility index (Phi) is 7.71. The highest BCUT2D eigenvalue weighted by atomic mass is 19.1. The molecule has 0 spiro atoms. The second kappa shape index (κ2) is 10.0. The fourth-order valence-electron chi connectivity index (χ4n) is 3.27. The molecule has 5 N–H and O–H groups in total. The van der Waals surface area contributed by atoms with Crippen molar-refractivity contribution in [1.82, 2.24) is 9.88 Å². The number of aromatic nitrogens is 1. The molecule has 28 heavy (non-hydrogen) atoms. The Morgan fingerprint density at radius 3 is 2.61 bits per heavy atom. The molecular formula is C20H26FN3O4. The molecule has 1 aliphatic heterocycles. The topological polar surface area (TPSA) is 120 Å². The highest BCUT2D eigenvalue weighted by Crippen LogP contribution is 2.22. The maximum atomic E-state index is 13.3. The van der Waals surface area contributed by atoms with Crippen LogP contribution in [0, 0.1) is 11.7 Å². The van der Waals surface area contributed by atoms with Crippen LogP contribution in [0.5, 0.6) is 0 Å². The minimum Gasteiger partial charge on any atom is -0.478 e. The van der Waals surface area contributed by atoms with E-state index >= 15 is 0 Å². The first kappa shape index (κ1) is 21.6. The quantitative estimate of drug-likeness (QED) is 0.561. The summed E-state index contributed by atoms with van der Waals surface area (Å²) in [5, 5.41) is 16.6. The van der Waals surface area contributed by atoms with Crippen LogP contribution in [-0.2, 0) is 16.0 Å². The van der Waals surface area contributed by atoms with Gasteiger partial charge in [-0.15, -0.1) is 0 Å². The number of benzene rings is 1. The van der Waals surface area contributed by atoms with Gasteiger partial charge in [0.2, 0.25) is 0 Å². The largest absolute Gasteiger partial charge is 0.478 e. The molecule has 1 aromatic heterocycles. The Morgan fingerprint density at radius 1 is 1.36 bits per heavy atom. The summed E-state index contributed by atoms with van der Waals surface area (Å²) in [4.78, 5) is 24.8. The van der Waals surface area contributed by atoms with Crippen LogP contribution in [0.2, 0.25) is 0 Å². The van der Waals surface area contributed by atoms with Gasteiger partial charge in [-0.3, -0.25) is 0 Å². The molecule has 0 radical (unpaired) electrons. The minimum absolute atomic E-state index is 0.170. The molecule has 0 amide bonds. The third-order valence-electron chi connectivity index (χ3n) is 4.85. The Labute approximate surface area is 162 Å². The highest BCUT2D eigenvalue weighted by molar-refractivity contribution is 5.89. The minimum atomic E-state index is -1.26. The van der Waals surface area contributed by atoms with Gasteiger partial charge in [-0.25, -0.2) is 14.0 Å². The van der Waals surface area contributed by atoms with E-state index in [1.165, 1.54) is 18.1 Å². The summed E-state index contributed by atoms with van der Waals surface area (Å²) < 4.78 is 13.3. The maximum absolute atomic E-state index is 13.3. The molecule has 2 unspecified atom stereocenters. The fourth-order valence-corrected chi connectivity index (χ4v) is 3.27. The fraction of sp³-hybridized carbons (Fsp3) is 0.400. The van der Waals surface area contributed by atoms with Gasteiger partial charge in [-0.05, 0) is 56.0 Å². The molecule has 1 saturated heterocycles. The number of halogens is 1. The number of fused-ring (bicyclic) bond motifs is 1. The summed E-state index contributed by atoms with van der Waals surface area (Å²) in [6.07, 6.45) is 5.27. The second-order valence-corrected chi connectivity index (χ2v) is 6.97. The van der Waals surface area contributed by atoms with E-state index in [-0.39, 0.29) is 11.9 Å². The first-order valence-electron chi connectivity index (χ1n) is 9.13. The van der Waals surface area contributed by atoms with Gasteiger partial charge in [0.05, 0.1) is 0 Å². The molecular weight excluding hydrogens is 365 g/mol. The van der Waals surface area contributed by atoms with E-state index in [9.17, 15) is 14.0 Å². The number of carboxylic acids is 2. The molecule has 7 nitrogen and oxygen atoms in total. The van der Waals surface area contributed by atoms with Crippen molar-refractivity contribution in [3.63, 3.8) is 0 Å². The van der Waals surface area contributed by atoms with Crippen LogP contribution in [0.25, 0.3) is 10.9 Å². The van der Waals surface area contributed by atoms with Crippen molar-refractivity contribution < 1.29 is 24.2 Å². The molecule has 2 heterocycles. The van der Waals surface area contributed by atoms with Crippen molar-refractivity contribution in [2.75, 3.05) is 19.6 Å². The molecule has 1 fully saturated rings. The number of nitrogens with one attached hydrogen (secondary N) is 1. The summed E-state index contributed by atoms with van der Waals surface area (Å²) >= 11 is 0. The number of rotatable bonds is 6. The van der Waals surface area contributed by atoms with Crippen molar-refractivity contribution in [3.8, 4) is 0 Å². The highest BCUT2D eigenvalue weighted by Gasteiger charge is 2.24. The van der Waals surface area contributed by atoms with Gasteiger partial charge in [-0.2, -0.15) is 0 Å². The molecule has 0 bridgehead atoms. The smallest absolute Gasteiger partial charge is 0.328 e. The SMILES string of the molecule is CC(N)C1CCN(CCc2c[nH]c3ccc(F)cc23)C1.O=C(O)/C=C/C(=O)O. The molecule has 0 aliphatic carbocycles. The summed E-state index contributed by atoms with van der Waals surface area (Å²) in [5.74, 6) is -2.06.